The molecule has 3 saturated carbocycles. The van der Waals surface area contributed by atoms with Gasteiger partial charge in [0.05, 0.1) is 12.5 Å². The van der Waals surface area contributed by atoms with E-state index in [0.717, 1.165) is 12.0 Å². The van der Waals surface area contributed by atoms with Crippen molar-refractivity contribution < 1.29 is 49.1 Å². The van der Waals surface area contributed by atoms with E-state index in [1.54, 1.807) is 24.4 Å². The molecule has 1 aromatic carbocycles. The third kappa shape index (κ3) is 5.64. The molecule has 48 heavy (non-hydrogen) atoms. The summed E-state index contributed by atoms with van der Waals surface area (Å²) < 4.78 is 5.20. The van der Waals surface area contributed by atoms with Gasteiger partial charge in [-0.25, -0.2) is 4.79 Å². The van der Waals surface area contributed by atoms with Crippen molar-refractivity contribution in [1.29, 1.82) is 0 Å². The first-order chi connectivity index (χ1) is 22.7. The molecule has 6 N–H and O–H groups in total. The molecular weight excluding hydrogens is 620 g/mol. The number of aromatic hydroxyl groups is 1. The highest BCUT2D eigenvalue weighted by atomic mass is 16.5. The van der Waals surface area contributed by atoms with Crippen LogP contribution in [0.15, 0.2) is 48.2 Å². The van der Waals surface area contributed by atoms with Crippen LogP contribution in [0.25, 0.3) is 10.9 Å². The molecule has 3 fully saturated rings. The molecule has 0 bridgehead atoms. The SMILES string of the molecule is C[C@]12C=CC(=O)C=C1CC[C@@H]1[C@@H]2[C@H](O)C[C@@]2(C)[C@H]1CC[C@]2(O)C(=O)COC(=O)CCC(=O)N[C@@H](Cc1c[nH]c2ccc(O)cc12)C(=O)O. The van der Waals surface area contributed by atoms with Gasteiger partial charge in [-0.05, 0) is 79.9 Å². The first-order valence-electron chi connectivity index (χ1n) is 16.5. The number of carboxylic acids is 1. The fourth-order valence-corrected chi connectivity index (χ4v) is 9.36. The second-order valence-corrected chi connectivity index (χ2v) is 14.4. The second-order valence-electron chi connectivity index (χ2n) is 14.4. The number of allylic oxidation sites excluding steroid dienone is 4. The number of carboxylic acid groups (broad SMARTS) is 1. The van der Waals surface area contributed by atoms with Gasteiger partial charge in [-0.2, -0.15) is 0 Å². The fourth-order valence-electron chi connectivity index (χ4n) is 9.36. The molecule has 0 radical (unpaired) electrons. The van der Waals surface area contributed by atoms with E-state index >= 15 is 0 Å². The van der Waals surface area contributed by atoms with Gasteiger partial charge in [0.15, 0.2) is 12.4 Å². The summed E-state index contributed by atoms with van der Waals surface area (Å²) in [5.41, 5.74) is -0.952. The lowest BCUT2D eigenvalue weighted by Crippen LogP contribution is -2.61. The van der Waals surface area contributed by atoms with Crippen LogP contribution in [0.5, 0.6) is 5.75 Å². The number of carbonyl (C=O) groups is 5. The van der Waals surface area contributed by atoms with Gasteiger partial charge in [0.1, 0.15) is 17.4 Å². The molecule has 12 heteroatoms. The van der Waals surface area contributed by atoms with E-state index < -0.39 is 65.2 Å². The van der Waals surface area contributed by atoms with E-state index in [1.165, 1.54) is 12.1 Å². The van der Waals surface area contributed by atoms with Gasteiger partial charge in [-0.15, -0.1) is 0 Å². The Labute approximate surface area is 277 Å². The van der Waals surface area contributed by atoms with Crippen LogP contribution in [0.1, 0.15) is 64.4 Å². The van der Waals surface area contributed by atoms with Gasteiger partial charge < -0.3 is 35.5 Å². The molecular formula is C36H42N2O10. The number of fused-ring (bicyclic) bond motifs is 6. The largest absolute Gasteiger partial charge is 0.508 e. The van der Waals surface area contributed by atoms with E-state index in [4.69, 9.17) is 4.74 Å². The van der Waals surface area contributed by atoms with Crippen LogP contribution in [0, 0.1) is 28.6 Å². The van der Waals surface area contributed by atoms with Crippen molar-refractivity contribution >= 4 is 40.3 Å². The van der Waals surface area contributed by atoms with Crippen LogP contribution in [0.2, 0.25) is 0 Å². The van der Waals surface area contributed by atoms with E-state index in [0.29, 0.717) is 29.3 Å². The summed E-state index contributed by atoms with van der Waals surface area (Å²) in [6.45, 7) is 3.19. The number of nitrogens with one attached hydrogen (secondary N) is 2. The smallest absolute Gasteiger partial charge is 0.326 e. The number of amides is 1. The highest BCUT2D eigenvalue weighted by molar-refractivity contribution is 6.01. The standard InChI is InChI=1S/C36H42N2O10/c1-34-11-9-22(40)14-20(34)3-5-23-25-10-12-36(47,35(25,2)16-28(41)32(23)34)29(42)18-48-31(44)8-7-30(43)38-27(33(45)46)13-19-17-37-26-6-4-21(39)15-24(19)26/h4,6,9,11,14-15,17,23,25,27-28,32,37,39,41,47H,3,5,7-8,10,12-13,16,18H2,1-2H3,(H,38,43)(H,45,46)/t23-,25-,27-,28+,32+,34-,35-,36-/m0/s1. The normalized spacial score (nSPS) is 32.8. The summed E-state index contributed by atoms with van der Waals surface area (Å²) in [6, 6.07) is 3.35. The molecule has 12 nitrogen and oxygen atoms in total. The number of phenolic OH excluding ortho intramolecular Hbond substituents is 1. The van der Waals surface area contributed by atoms with Gasteiger partial charge in [-0.1, -0.05) is 25.5 Å². The third-order valence-electron chi connectivity index (χ3n) is 11.8. The molecule has 6 rings (SSSR count). The number of H-pyrrole nitrogens is 1. The van der Waals surface area contributed by atoms with Crippen molar-refractivity contribution in [1.82, 2.24) is 10.3 Å². The average Bonchev–Trinajstić information content (AvgIpc) is 3.55. The number of ether oxygens (including phenoxy) is 1. The second kappa shape index (κ2) is 12.3. The lowest BCUT2D eigenvalue weighted by molar-refractivity contribution is -0.181. The Kier molecular flexibility index (Phi) is 8.61. The first-order valence-corrected chi connectivity index (χ1v) is 16.5. The minimum absolute atomic E-state index is 0.0153. The van der Waals surface area contributed by atoms with Gasteiger partial charge in [0.25, 0.3) is 0 Å². The molecule has 0 unspecified atom stereocenters. The quantitative estimate of drug-likeness (QED) is 0.205. The molecule has 0 saturated heterocycles. The number of aliphatic hydroxyl groups is 2. The maximum atomic E-state index is 13.5. The van der Waals surface area contributed by atoms with E-state index in [1.807, 2.05) is 13.0 Å². The lowest BCUT2D eigenvalue weighted by atomic mass is 9.46. The summed E-state index contributed by atoms with van der Waals surface area (Å²) >= 11 is 0. The van der Waals surface area contributed by atoms with Gasteiger partial charge in [0.2, 0.25) is 11.7 Å². The van der Waals surface area contributed by atoms with Gasteiger partial charge >= 0.3 is 11.9 Å². The Hall–Kier alpha value is -4.29. The van der Waals surface area contributed by atoms with Crippen LogP contribution >= 0.6 is 0 Å². The minimum Gasteiger partial charge on any atom is -0.508 e. The monoisotopic (exact) mass is 662 g/mol. The maximum absolute atomic E-state index is 13.5. The molecule has 1 amide bonds. The zero-order valence-electron chi connectivity index (χ0n) is 27.0. The number of esters is 1. The zero-order chi connectivity index (χ0) is 34.6. The predicted molar refractivity (Wildman–Crippen MR) is 171 cm³/mol. The third-order valence-corrected chi connectivity index (χ3v) is 11.8. The minimum atomic E-state index is -1.81. The number of hydrogen-bond donors (Lipinski definition) is 6. The molecule has 1 aromatic heterocycles. The summed E-state index contributed by atoms with van der Waals surface area (Å²) in [5, 5.41) is 45.9. The number of rotatable bonds is 10. The zero-order valence-corrected chi connectivity index (χ0v) is 27.0. The highest BCUT2D eigenvalue weighted by Crippen LogP contribution is 2.67. The number of Topliss-reactive ketones (excluding diaryl/α,β-unsaturated/α-hetero) is 1. The number of carbonyl (C=O) groups excluding carboxylic acids is 4. The number of aliphatic carboxylic acids is 1. The first kappa shape index (κ1) is 33.6. The van der Waals surface area contributed by atoms with Crippen molar-refractivity contribution in [3.05, 3.63) is 53.8 Å². The van der Waals surface area contributed by atoms with Gasteiger partial charge in [-0.3, -0.25) is 19.2 Å². The van der Waals surface area contributed by atoms with E-state index in [-0.39, 0.29) is 55.0 Å². The van der Waals surface area contributed by atoms with Crippen LogP contribution in [0.4, 0.5) is 0 Å². The van der Waals surface area contributed by atoms with Crippen molar-refractivity contribution in [2.75, 3.05) is 6.61 Å². The Morgan fingerprint density at radius 2 is 1.92 bits per heavy atom. The molecule has 8 atom stereocenters. The van der Waals surface area contributed by atoms with Crippen molar-refractivity contribution in [2.24, 2.45) is 28.6 Å². The number of aromatic nitrogens is 1. The van der Waals surface area contributed by atoms with E-state index in [9.17, 15) is 44.4 Å². The number of hydrogen-bond acceptors (Lipinski definition) is 9. The average molecular weight is 663 g/mol. The maximum Gasteiger partial charge on any atom is 0.326 e. The molecule has 2 aromatic rings. The van der Waals surface area contributed by atoms with Crippen LogP contribution in [0.3, 0.4) is 0 Å². The number of phenols is 1. The Morgan fingerprint density at radius 1 is 1.15 bits per heavy atom. The number of benzene rings is 1. The molecule has 4 aliphatic carbocycles. The van der Waals surface area contributed by atoms with Crippen molar-refractivity contribution in [2.45, 2.75) is 83.0 Å². The van der Waals surface area contributed by atoms with Crippen molar-refractivity contribution in [3.8, 4) is 5.75 Å². The number of aromatic amines is 1. The number of aliphatic hydroxyl groups excluding tert-OH is 1. The summed E-state index contributed by atoms with van der Waals surface area (Å²) in [4.78, 5) is 65.6. The molecule has 4 aliphatic rings. The van der Waals surface area contributed by atoms with E-state index in [2.05, 4.69) is 17.2 Å². The Balaban J connectivity index is 1.03. The van der Waals surface area contributed by atoms with Crippen LogP contribution < -0.4 is 5.32 Å². The lowest BCUT2D eigenvalue weighted by Gasteiger charge is -2.59. The fraction of sp³-hybridized carbons (Fsp3) is 0.528. The van der Waals surface area contributed by atoms with Crippen LogP contribution in [-0.4, -0.2) is 79.2 Å². The Bertz CT molecular complexity index is 1740. The molecule has 256 valence electrons. The summed E-state index contributed by atoms with van der Waals surface area (Å²) in [7, 11) is 0. The van der Waals surface area contributed by atoms with Crippen LogP contribution in [-0.2, 0) is 35.1 Å². The van der Waals surface area contributed by atoms with Crippen molar-refractivity contribution in [3.63, 3.8) is 0 Å². The Morgan fingerprint density at radius 3 is 2.67 bits per heavy atom. The molecule has 0 spiro atoms. The summed E-state index contributed by atoms with van der Waals surface area (Å²) in [5.74, 6) is -3.69. The molecule has 0 aliphatic heterocycles. The highest BCUT2D eigenvalue weighted by Gasteiger charge is 2.68. The number of ketones is 2. The summed E-state index contributed by atoms with van der Waals surface area (Å²) in [6.07, 6.45) is 7.43. The topological polar surface area (TPSA) is 203 Å². The molecule has 1 heterocycles. The predicted octanol–water partition coefficient (Wildman–Crippen LogP) is 2.89. The van der Waals surface area contributed by atoms with Gasteiger partial charge in [0, 0.05) is 46.7 Å².